The molecule has 1 saturated heterocycles. The number of aryl methyl sites for hydroxylation is 1. The Hall–Kier alpha value is -1.17. The van der Waals surface area contributed by atoms with Crippen LogP contribution in [-0.4, -0.2) is 34.4 Å². The molecule has 5 nitrogen and oxygen atoms in total. The number of aliphatic carboxylic acids is 1. The average Bonchev–Trinajstić information content (AvgIpc) is 2.83. The van der Waals surface area contributed by atoms with Gasteiger partial charge in [0.2, 0.25) is 5.13 Å². The van der Waals surface area contributed by atoms with Crippen LogP contribution in [0.1, 0.15) is 25.3 Å². The van der Waals surface area contributed by atoms with Crippen LogP contribution < -0.4 is 4.90 Å². The molecule has 2 heterocycles. The Morgan fingerprint density at radius 3 is 2.65 bits per heavy atom. The van der Waals surface area contributed by atoms with E-state index < -0.39 is 11.4 Å². The van der Waals surface area contributed by atoms with E-state index in [4.69, 9.17) is 0 Å². The van der Waals surface area contributed by atoms with Crippen LogP contribution in [0.5, 0.6) is 0 Å². The SMILES string of the molecule is Cc1nnc(N2CCC(C(=O)O)(C(C)C)C2)s1. The van der Waals surface area contributed by atoms with Gasteiger partial charge in [-0.05, 0) is 19.3 Å². The highest BCUT2D eigenvalue weighted by atomic mass is 32.1. The maximum atomic E-state index is 11.5. The molecule has 0 bridgehead atoms. The van der Waals surface area contributed by atoms with E-state index in [9.17, 15) is 9.90 Å². The molecule has 0 aliphatic carbocycles. The molecule has 1 N–H and O–H groups in total. The molecule has 1 aliphatic rings. The summed E-state index contributed by atoms with van der Waals surface area (Å²) in [7, 11) is 0. The normalized spacial score (nSPS) is 24.6. The highest BCUT2D eigenvalue weighted by Crippen LogP contribution is 2.40. The lowest BCUT2D eigenvalue weighted by molar-refractivity contribution is -0.150. The molecule has 1 aromatic rings. The third-order valence-electron chi connectivity index (χ3n) is 3.62. The third-order valence-corrected chi connectivity index (χ3v) is 4.52. The van der Waals surface area contributed by atoms with Crippen LogP contribution in [0.4, 0.5) is 5.13 Å². The van der Waals surface area contributed by atoms with Crippen LogP contribution in [0.2, 0.25) is 0 Å². The van der Waals surface area contributed by atoms with Gasteiger partial charge < -0.3 is 10.0 Å². The maximum absolute atomic E-state index is 11.5. The van der Waals surface area contributed by atoms with Gasteiger partial charge in [0.25, 0.3) is 0 Å². The van der Waals surface area contributed by atoms with E-state index in [2.05, 4.69) is 10.2 Å². The van der Waals surface area contributed by atoms with Gasteiger partial charge in [0.1, 0.15) is 5.01 Å². The number of hydrogen-bond donors (Lipinski definition) is 1. The van der Waals surface area contributed by atoms with Gasteiger partial charge in [0, 0.05) is 13.1 Å². The van der Waals surface area contributed by atoms with Crippen molar-refractivity contribution < 1.29 is 9.90 Å². The third kappa shape index (κ3) is 2.01. The van der Waals surface area contributed by atoms with E-state index in [1.165, 1.54) is 11.3 Å². The van der Waals surface area contributed by atoms with E-state index in [0.29, 0.717) is 13.0 Å². The van der Waals surface area contributed by atoms with Crippen LogP contribution in [-0.2, 0) is 4.79 Å². The fourth-order valence-electron chi connectivity index (χ4n) is 2.30. The topological polar surface area (TPSA) is 66.3 Å². The number of aromatic nitrogens is 2. The summed E-state index contributed by atoms with van der Waals surface area (Å²) in [5, 5.41) is 19.3. The van der Waals surface area contributed by atoms with Gasteiger partial charge in [-0.2, -0.15) is 0 Å². The zero-order valence-corrected chi connectivity index (χ0v) is 11.1. The van der Waals surface area contributed by atoms with Crippen molar-refractivity contribution in [1.82, 2.24) is 10.2 Å². The van der Waals surface area contributed by atoms with Crippen LogP contribution in [0, 0.1) is 18.3 Å². The zero-order chi connectivity index (χ0) is 12.6. The fraction of sp³-hybridized carbons (Fsp3) is 0.727. The second-order valence-electron chi connectivity index (χ2n) is 4.89. The lowest BCUT2D eigenvalue weighted by atomic mass is 9.76. The summed E-state index contributed by atoms with van der Waals surface area (Å²) in [6.07, 6.45) is 0.679. The van der Waals surface area contributed by atoms with Crippen molar-refractivity contribution in [2.75, 3.05) is 18.0 Å². The number of carboxylic acid groups (broad SMARTS) is 1. The summed E-state index contributed by atoms with van der Waals surface area (Å²) < 4.78 is 0. The molecule has 0 spiro atoms. The van der Waals surface area contributed by atoms with E-state index in [1.54, 1.807) is 0 Å². The highest BCUT2D eigenvalue weighted by Gasteiger charge is 2.47. The van der Waals surface area contributed by atoms with Crippen molar-refractivity contribution in [3.8, 4) is 0 Å². The molecule has 0 saturated carbocycles. The second kappa shape index (κ2) is 4.25. The molecule has 1 atom stereocenters. The van der Waals surface area contributed by atoms with E-state index in [-0.39, 0.29) is 5.92 Å². The van der Waals surface area contributed by atoms with Gasteiger partial charge in [0.15, 0.2) is 0 Å². The van der Waals surface area contributed by atoms with Crippen molar-refractivity contribution in [3.63, 3.8) is 0 Å². The van der Waals surface area contributed by atoms with Gasteiger partial charge in [-0.3, -0.25) is 4.79 Å². The second-order valence-corrected chi connectivity index (χ2v) is 6.05. The van der Waals surface area contributed by atoms with Gasteiger partial charge in [-0.25, -0.2) is 0 Å². The average molecular weight is 255 g/mol. The lowest BCUT2D eigenvalue weighted by Crippen LogP contribution is -2.39. The molecule has 1 aromatic heterocycles. The smallest absolute Gasteiger partial charge is 0.311 e. The number of carbonyl (C=O) groups is 1. The number of rotatable bonds is 3. The Balaban J connectivity index is 2.20. The van der Waals surface area contributed by atoms with Gasteiger partial charge in [-0.15, -0.1) is 10.2 Å². The zero-order valence-electron chi connectivity index (χ0n) is 10.3. The predicted octanol–water partition coefficient (Wildman–Crippen LogP) is 1.78. The van der Waals surface area contributed by atoms with E-state index >= 15 is 0 Å². The molecule has 17 heavy (non-hydrogen) atoms. The molecule has 2 rings (SSSR count). The first-order valence-electron chi connectivity index (χ1n) is 5.74. The van der Waals surface area contributed by atoms with Crippen molar-refractivity contribution in [1.29, 1.82) is 0 Å². The summed E-state index contributed by atoms with van der Waals surface area (Å²) in [5.41, 5.74) is -0.639. The molecule has 1 aliphatic heterocycles. The van der Waals surface area contributed by atoms with Gasteiger partial charge in [0.05, 0.1) is 5.41 Å². The molecule has 6 heteroatoms. The van der Waals surface area contributed by atoms with Crippen LogP contribution in [0.3, 0.4) is 0 Å². The van der Waals surface area contributed by atoms with Crippen molar-refractivity contribution in [2.24, 2.45) is 11.3 Å². The number of hydrogen-bond acceptors (Lipinski definition) is 5. The highest BCUT2D eigenvalue weighted by molar-refractivity contribution is 7.15. The van der Waals surface area contributed by atoms with E-state index in [1.807, 2.05) is 25.7 Å². The summed E-state index contributed by atoms with van der Waals surface area (Å²) >= 11 is 1.52. The van der Waals surface area contributed by atoms with Crippen molar-refractivity contribution in [3.05, 3.63) is 5.01 Å². The summed E-state index contributed by atoms with van der Waals surface area (Å²) in [5.74, 6) is -0.574. The quantitative estimate of drug-likeness (QED) is 0.891. The molecular weight excluding hydrogens is 238 g/mol. The first-order valence-corrected chi connectivity index (χ1v) is 6.56. The largest absolute Gasteiger partial charge is 0.481 e. The Labute approximate surface area is 104 Å². The predicted molar refractivity (Wildman–Crippen MR) is 66.4 cm³/mol. The minimum absolute atomic E-state index is 0.124. The Kier molecular flexibility index (Phi) is 3.07. The van der Waals surface area contributed by atoms with Crippen molar-refractivity contribution >= 4 is 22.4 Å². The summed E-state index contributed by atoms with van der Waals surface area (Å²) in [6, 6.07) is 0. The molecule has 0 amide bonds. The van der Waals surface area contributed by atoms with Gasteiger partial charge >= 0.3 is 5.97 Å². The van der Waals surface area contributed by atoms with E-state index in [0.717, 1.165) is 16.7 Å². The van der Waals surface area contributed by atoms with Gasteiger partial charge in [-0.1, -0.05) is 25.2 Å². The van der Waals surface area contributed by atoms with Crippen LogP contribution >= 0.6 is 11.3 Å². The first kappa shape index (κ1) is 12.3. The maximum Gasteiger partial charge on any atom is 0.311 e. The lowest BCUT2D eigenvalue weighted by Gasteiger charge is -2.28. The molecule has 0 radical (unpaired) electrons. The number of anilines is 1. The summed E-state index contributed by atoms with van der Waals surface area (Å²) in [4.78, 5) is 13.5. The standard InChI is InChI=1S/C11H17N3O2S/c1-7(2)11(9(15)16)4-5-14(6-11)10-13-12-8(3)17-10/h7H,4-6H2,1-3H3,(H,15,16). The fourth-order valence-corrected chi connectivity index (χ4v) is 3.02. The minimum Gasteiger partial charge on any atom is -0.481 e. The summed E-state index contributed by atoms with van der Waals surface area (Å²) in [6.45, 7) is 7.14. The molecule has 1 fully saturated rings. The Morgan fingerprint density at radius 2 is 2.24 bits per heavy atom. The van der Waals surface area contributed by atoms with Crippen LogP contribution in [0.25, 0.3) is 0 Å². The first-order chi connectivity index (χ1) is 7.95. The molecular formula is C11H17N3O2S. The Morgan fingerprint density at radius 1 is 1.53 bits per heavy atom. The number of nitrogens with zero attached hydrogens (tertiary/aromatic N) is 3. The van der Waals surface area contributed by atoms with Crippen molar-refractivity contribution in [2.45, 2.75) is 27.2 Å². The molecule has 0 aromatic carbocycles. The number of carboxylic acids is 1. The Bertz CT molecular complexity index is 432. The molecule has 1 unspecified atom stereocenters. The van der Waals surface area contributed by atoms with Crippen LogP contribution in [0.15, 0.2) is 0 Å². The molecule has 94 valence electrons. The minimum atomic E-state index is -0.698. The monoisotopic (exact) mass is 255 g/mol.